The molecule has 1 aliphatic rings. The topological polar surface area (TPSA) is 147 Å². The van der Waals surface area contributed by atoms with Crippen molar-refractivity contribution in [2.75, 3.05) is 41.5 Å². The number of aromatic nitrogens is 1. The van der Waals surface area contributed by atoms with Crippen molar-refractivity contribution in [2.45, 2.75) is 154 Å². The molecule has 0 bridgehead atoms. The van der Waals surface area contributed by atoms with Crippen molar-refractivity contribution >= 4 is 51.1 Å². The van der Waals surface area contributed by atoms with Crippen LogP contribution in [0.3, 0.4) is 0 Å². The maximum atomic E-state index is 14.7. The van der Waals surface area contributed by atoms with Gasteiger partial charge in [0.05, 0.1) is 47.6 Å². The van der Waals surface area contributed by atoms with E-state index >= 15 is 0 Å². The number of ketones is 2. The van der Waals surface area contributed by atoms with E-state index in [0.29, 0.717) is 19.4 Å². The van der Waals surface area contributed by atoms with Crippen LogP contribution in [0.2, 0.25) is 0 Å². The smallest absolute Gasteiger partial charge is 0.410 e. The largest absolute Gasteiger partial charge is 0.448 e. The van der Waals surface area contributed by atoms with Crippen LogP contribution in [-0.4, -0.2) is 126 Å². The van der Waals surface area contributed by atoms with Gasteiger partial charge in [-0.1, -0.05) is 114 Å². The number of hydrogen-bond acceptors (Lipinski definition) is 11. The lowest BCUT2D eigenvalue weighted by atomic mass is 9.83. The lowest BCUT2D eigenvalue weighted by Gasteiger charge is -2.41. The lowest BCUT2D eigenvalue weighted by molar-refractivity contribution is -0.671. The van der Waals surface area contributed by atoms with E-state index < -0.39 is 53.1 Å². The fourth-order valence-corrected chi connectivity index (χ4v) is 11.5. The van der Waals surface area contributed by atoms with Gasteiger partial charge in [0.2, 0.25) is 11.8 Å². The molecule has 10 atom stereocenters. The Morgan fingerprint density at radius 3 is 2.03 bits per heavy atom. The van der Waals surface area contributed by atoms with Gasteiger partial charge in [0.15, 0.2) is 18.2 Å². The van der Waals surface area contributed by atoms with E-state index in [1.165, 1.54) is 4.90 Å². The van der Waals surface area contributed by atoms with E-state index in [1.807, 2.05) is 141 Å². The van der Waals surface area contributed by atoms with Gasteiger partial charge >= 0.3 is 6.09 Å². The lowest BCUT2D eigenvalue weighted by Crippen LogP contribution is -2.54. The second-order valence-corrected chi connectivity index (χ2v) is 23.0. The molecule has 1 aromatic carbocycles. The van der Waals surface area contributed by atoms with Gasteiger partial charge in [-0.25, -0.2) is 9.36 Å². The molecule has 3 rings (SSSR count). The van der Waals surface area contributed by atoms with Crippen LogP contribution < -0.4 is 4.57 Å². The number of carbonyl (C=O) groups excluding carboxylic acids is 5. The molecular weight excluding hydrogens is 889 g/mol. The van der Waals surface area contributed by atoms with Crippen LogP contribution >= 0.6 is 21.6 Å². The van der Waals surface area contributed by atoms with E-state index in [2.05, 4.69) is 0 Å². The SMILES string of the molecule is CC[C@H](C)[C@@H]([C@@H](CC(=O)N1CCC[C@H]1[C@H](OC)[C@@H](C)C(=O)C[C@H](C)[C@@H](O)c1ccccc1)OC)N(C)C(=O)[C@@H](CC(=O)[C@H](C(C)C)N(C)C(=O)OCC(C)(C)SSc1cc[n+](C)cc1)C(C)C. The summed E-state index contributed by atoms with van der Waals surface area (Å²) in [7, 11) is 11.6. The van der Waals surface area contributed by atoms with E-state index in [1.54, 1.807) is 54.8 Å². The highest BCUT2D eigenvalue weighted by atomic mass is 33.1. The number of aliphatic hydroxyl groups is 1. The van der Waals surface area contributed by atoms with Gasteiger partial charge in [-0.2, -0.15) is 0 Å². The molecule has 3 amide bonds. The van der Waals surface area contributed by atoms with Crippen molar-refractivity contribution in [1.82, 2.24) is 14.7 Å². The predicted molar refractivity (Wildman–Crippen MR) is 267 cm³/mol. The molecule has 376 valence electrons. The van der Waals surface area contributed by atoms with Crippen LogP contribution in [0.5, 0.6) is 0 Å². The van der Waals surface area contributed by atoms with Crippen molar-refractivity contribution in [1.29, 1.82) is 0 Å². The van der Waals surface area contributed by atoms with Crippen LogP contribution in [0.25, 0.3) is 0 Å². The number of rotatable bonds is 27. The number of aryl methyl sites for hydroxylation is 1. The summed E-state index contributed by atoms with van der Waals surface area (Å²) in [6.45, 7) is 20.1. The van der Waals surface area contributed by atoms with E-state index in [-0.39, 0.29) is 79.0 Å². The van der Waals surface area contributed by atoms with Crippen LogP contribution in [0.15, 0.2) is 59.8 Å². The Balaban J connectivity index is 1.73. The number of Topliss-reactive ketones (excluding diaryl/α,β-unsaturated/α-hetero) is 2. The minimum absolute atomic E-state index is 0.00537. The predicted octanol–water partition coefficient (Wildman–Crippen LogP) is 8.60. The fraction of sp³-hybridized carbons (Fsp3) is 0.692. The summed E-state index contributed by atoms with van der Waals surface area (Å²) in [6.07, 6.45) is 3.59. The molecule has 1 saturated heterocycles. The monoisotopic (exact) mass is 972 g/mol. The van der Waals surface area contributed by atoms with Crippen molar-refractivity contribution in [3.63, 3.8) is 0 Å². The normalized spacial score (nSPS) is 18.4. The summed E-state index contributed by atoms with van der Waals surface area (Å²) >= 11 is 0. The number of likely N-dealkylation sites (tertiary alicyclic amines) is 1. The highest BCUT2D eigenvalue weighted by Gasteiger charge is 2.44. The van der Waals surface area contributed by atoms with Gasteiger partial charge < -0.3 is 34.0 Å². The number of methoxy groups -OCH3 is 2. The number of nitrogens with zero attached hydrogens (tertiary/aromatic N) is 4. The summed E-state index contributed by atoms with van der Waals surface area (Å²) in [6, 6.07) is 11.7. The molecule has 1 aromatic heterocycles. The molecule has 0 radical (unpaired) electrons. The molecule has 0 spiro atoms. The molecule has 2 aromatic rings. The Kier molecular flexibility index (Phi) is 23.3. The van der Waals surface area contributed by atoms with Crippen molar-refractivity contribution in [3.8, 4) is 0 Å². The molecule has 0 aliphatic carbocycles. The fourth-order valence-electron chi connectivity index (χ4n) is 9.35. The van der Waals surface area contributed by atoms with Gasteiger partial charge in [0.1, 0.15) is 19.4 Å². The van der Waals surface area contributed by atoms with Crippen LogP contribution in [0, 0.1) is 35.5 Å². The Bertz CT molecular complexity index is 1880. The molecule has 13 nitrogen and oxygen atoms in total. The first-order chi connectivity index (χ1) is 31.5. The number of ether oxygens (including phenoxy) is 3. The minimum atomic E-state index is -0.816. The summed E-state index contributed by atoms with van der Waals surface area (Å²) in [5.74, 6) is -2.69. The first kappa shape index (κ1) is 57.8. The second kappa shape index (κ2) is 27.0. The molecular formula is C52H83N4O9S2+. The summed E-state index contributed by atoms with van der Waals surface area (Å²) < 4.78 is 19.5. The molecule has 67 heavy (non-hydrogen) atoms. The molecule has 0 saturated carbocycles. The van der Waals surface area contributed by atoms with Crippen LogP contribution in [0.4, 0.5) is 4.79 Å². The Morgan fingerprint density at radius 1 is 0.851 bits per heavy atom. The first-order valence-electron chi connectivity index (χ1n) is 24.1. The third kappa shape index (κ3) is 16.3. The van der Waals surface area contributed by atoms with Crippen molar-refractivity contribution < 1.29 is 47.9 Å². The number of likely N-dealkylation sites (N-methyl/N-ethyl adjacent to an activating group) is 2. The minimum Gasteiger partial charge on any atom is -0.448 e. The van der Waals surface area contributed by atoms with Crippen molar-refractivity contribution in [3.05, 3.63) is 60.4 Å². The Morgan fingerprint density at radius 2 is 1.48 bits per heavy atom. The Hall–Kier alpha value is -3.50. The van der Waals surface area contributed by atoms with Crippen LogP contribution in [0.1, 0.15) is 119 Å². The summed E-state index contributed by atoms with van der Waals surface area (Å²) in [5.41, 5.74) is 0.760. The van der Waals surface area contributed by atoms with E-state index in [0.717, 1.165) is 16.9 Å². The first-order valence-corrected chi connectivity index (χ1v) is 26.3. The number of pyridine rings is 1. The van der Waals surface area contributed by atoms with E-state index in [4.69, 9.17) is 14.2 Å². The molecule has 1 N–H and O–H groups in total. The van der Waals surface area contributed by atoms with Crippen molar-refractivity contribution in [2.24, 2.45) is 42.6 Å². The third-order valence-corrected chi connectivity index (χ3v) is 16.9. The zero-order chi connectivity index (χ0) is 50.3. The van der Waals surface area contributed by atoms with E-state index in [9.17, 15) is 29.1 Å². The molecule has 2 heterocycles. The third-order valence-electron chi connectivity index (χ3n) is 13.6. The van der Waals surface area contributed by atoms with Gasteiger partial charge in [-0.15, -0.1) is 0 Å². The van der Waals surface area contributed by atoms with Gasteiger partial charge in [0, 0.05) is 76.6 Å². The van der Waals surface area contributed by atoms with Crippen LogP contribution in [-0.2, 0) is 40.4 Å². The zero-order valence-corrected chi connectivity index (χ0v) is 44.7. The average molecular weight is 972 g/mol. The van der Waals surface area contributed by atoms with Gasteiger partial charge in [-0.05, 0) is 55.9 Å². The number of benzene rings is 1. The maximum Gasteiger partial charge on any atom is 0.410 e. The maximum absolute atomic E-state index is 14.7. The Labute approximate surface area is 410 Å². The summed E-state index contributed by atoms with van der Waals surface area (Å²) in [4.78, 5) is 76.6. The number of amides is 3. The highest BCUT2D eigenvalue weighted by molar-refractivity contribution is 8.77. The number of carbonyl (C=O) groups is 5. The standard InChI is InChI=1S/C52H83N4O9S2/c1-16-35(6)47(44(63-14)31-45(59)56-26-20-23-41(56)49(64-15)37(8)42(57)29-36(7)48(60)38-21-18-17-19-22-38)54(12)50(61)40(33(2)3)30-43(58)46(34(4)5)55(13)51(62)65-32-52(9,10)67-66-39-24-27-53(11)28-25-39/h17-19,21-22,24-25,27-28,33-37,40-41,44,46-49,60H,16,20,23,26,29-32H2,1-15H3/q+1/t35-,36-,37-,40-,41-,44+,46-,47-,48+,49+/m0/s1. The molecule has 15 heteroatoms. The van der Waals surface area contributed by atoms with Gasteiger partial charge in [0.25, 0.3) is 0 Å². The molecule has 1 aliphatic heterocycles. The highest BCUT2D eigenvalue weighted by Crippen LogP contribution is 2.41. The number of hydrogen-bond donors (Lipinski definition) is 1. The second-order valence-electron chi connectivity index (χ2n) is 20.1. The summed E-state index contributed by atoms with van der Waals surface area (Å²) in [5, 5.41) is 11.0. The van der Waals surface area contributed by atoms with Gasteiger partial charge in [-0.3, -0.25) is 19.2 Å². The average Bonchev–Trinajstić information content (AvgIpc) is 3.78. The molecule has 0 unspecified atom stereocenters. The number of aliphatic hydroxyl groups excluding tert-OH is 1. The molecule has 1 fully saturated rings. The quantitative estimate of drug-likeness (QED) is 0.0679. The zero-order valence-electron chi connectivity index (χ0n) is 43.1.